The van der Waals surface area contributed by atoms with Gasteiger partial charge in [-0.2, -0.15) is 0 Å². The molecule has 2 heteroatoms. The highest BCUT2D eigenvalue weighted by Gasteiger charge is 1.96. The SMILES string of the molecule is CC.CCc1cc(Cl)ccc1Cl. The van der Waals surface area contributed by atoms with Crippen LogP contribution in [0.15, 0.2) is 18.2 Å². The first-order chi connectivity index (χ1) is 5.74. The van der Waals surface area contributed by atoms with Gasteiger partial charge in [0.05, 0.1) is 0 Å². The zero-order valence-corrected chi connectivity index (χ0v) is 9.21. The maximum Gasteiger partial charge on any atom is 0.0438 e. The molecule has 1 aromatic rings. The summed E-state index contributed by atoms with van der Waals surface area (Å²) < 4.78 is 0. The molecule has 0 fully saturated rings. The molecule has 0 bridgehead atoms. The van der Waals surface area contributed by atoms with Crippen LogP contribution in [0.1, 0.15) is 26.3 Å². The summed E-state index contributed by atoms with van der Waals surface area (Å²) in [5.41, 5.74) is 1.11. The number of hydrogen-bond donors (Lipinski definition) is 0. The van der Waals surface area contributed by atoms with Gasteiger partial charge in [-0.15, -0.1) is 0 Å². The molecule has 0 aromatic heterocycles. The third kappa shape index (κ3) is 3.46. The van der Waals surface area contributed by atoms with Crippen molar-refractivity contribution in [3.8, 4) is 0 Å². The molecule has 0 aliphatic carbocycles. The zero-order chi connectivity index (χ0) is 9.56. The molecule has 0 aliphatic rings. The Bertz CT molecular complexity index is 231. The van der Waals surface area contributed by atoms with Crippen molar-refractivity contribution in [2.45, 2.75) is 27.2 Å². The van der Waals surface area contributed by atoms with Crippen molar-refractivity contribution in [3.63, 3.8) is 0 Å². The van der Waals surface area contributed by atoms with Gasteiger partial charge in [-0.3, -0.25) is 0 Å². The minimum Gasteiger partial charge on any atom is -0.0843 e. The second-order valence-electron chi connectivity index (χ2n) is 2.09. The van der Waals surface area contributed by atoms with Gasteiger partial charge in [0.25, 0.3) is 0 Å². The van der Waals surface area contributed by atoms with E-state index in [1.807, 2.05) is 26.0 Å². The van der Waals surface area contributed by atoms with Crippen LogP contribution in [-0.4, -0.2) is 0 Å². The number of benzene rings is 1. The fourth-order valence-corrected chi connectivity index (χ4v) is 1.26. The second-order valence-corrected chi connectivity index (χ2v) is 2.93. The van der Waals surface area contributed by atoms with Crippen molar-refractivity contribution in [1.82, 2.24) is 0 Å². The first-order valence-corrected chi connectivity index (χ1v) is 4.93. The van der Waals surface area contributed by atoms with E-state index in [4.69, 9.17) is 23.2 Å². The number of halogens is 2. The van der Waals surface area contributed by atoms with Crippen LogP contribution in [0.5, 0.6) is 0 Å². The second kappa shape index (κ2) is 6.33. The van der Waals surface area contributed by atoms with E-state index in [-0.39, 0.29) is 0 Å². The molecule has 0 spiro atoms. The molecule has 1 rings (SSSR count). The van der Waals surface area contributed by atoms with Crippen molar-refractivity contribution >= 4 is 23.2 Å². The van der Waals surface area contributed by atoms with Crippen LogP contribution in [0, 0.1) is 0 Å². The van der Waals surface area contributed by atoms with Crippen molar-refractivity contribution in [2.24, 2.45) is 0 Å². The lowest BCUT2D eigenvalue weighted by atomic mass is 10.2. The third-order valence-corrected chi connectivity index (χ3v) is 1.99. The molecule has 0 radical (unpaired) electrons. The highest BCUT2D eigenvalue weighted by Crippen LogP contribution is 2.20. The molecule has 0 atom stereocenters. The molecule has 1 aromatic carbocycles. The van der Waals surface area contributed by atoms with Crippen LogP contribution in [0.25, 0.3) is 0 Å². The maximum absolute atomic E-state index is 5.84. The summed E-state index contributed by atoms with van der Waals surface area (Å²) >= 11 is 11.6. The molecule has 0 aliphatic heterocycles. The fraction of sp³-hybridized carbons (Fsp3) is 0.400. The van der Waals surface area contributed by atoms with Gasteiger partial charge in [0, 0.05) is 10.0 Å². The zero-order valence-electron chi connectivity index (χ0n) is 7.70. The molecule has 0 unspecified atom stereocenters. The van der Waals surface area contributed by atoms with E-state index in [1.165, 1.54) is 0 Å². The molecule has 0 saturated heterocycles. The van der Waals surface area contributed by atoms with Crippen LogP contribution >= 0.6 is 23.2 Å². The predicted octanol–water partition coefficient (Wildman–Crippen LogP) is 4.58. The Kier molecular flexibility index (Phi) is 6.23. The minimum atomic E-state index is 0.751. The molecule has 68 valence electrons. The first-order valence-electron chi connectivity index (χ1n) is 4.18. The fourth-order valence-electron chi connectivity index (χ4n) is 0.814. The average Bonchev–Trinajstić information content (AvgIpc) is 2.13. The molecule has 0 nitrogen and oxygen atoms in total. The monoisotopic (exact) mass is 204 g/mol. The van der Waals surface area contributed by atoms with Gasteiger partial charge < -0.3 is 0 Å². The lowest BCUT2D eigenvalue weighted by Crippen LogP contribution is -1.80. The lowest BCUT2D eigenvalue weighted by molar-refractivity contribution is 1.14. The van der Waals surface area contributed by atoms with E-state index in [0.717, 1.165) is 22.0 Å². The molecular formula is C10H14Cl2. The van der Waals surface area contributed by atoms with E-state index in [2.05, 4.69) is 6.92 Å². The van der Waals surface area contributed by atoms with Crippen LogP contribution < -0.4 is 0 Å². The highest BCUT2D eigenvalue weighted by atomic mass is 35.5. The van der Waals surface area contributed by atoms with E-state index in [0.29, 0.717) is 0 Å². The number of rotatable bonds is 1. The van der Waals surface area contributed by atoms with E-state index in [9.17, 15) is 0 Å². The predicted molar refractivity (Wildman–Crippen MR) is 57.2 cm³/mol. The summed E-state index contributed by atoms with van der Waals surface area (Å²) in [5.74, 6) is 0. The van der Waals surface area contributed by atoms with Crippen molar-refractivity contribution < 1.29 is 0 Å². The highest BCUT2D eigenvalue weighted by molar-refractivity contribution is 6.33. The Morgan fingerprint density at radius 3 is 2.17 bits per heavy atom. The molecule has 0 amide bonds. The van der Waals surface area contributed by atoms with Gasteiger partial charge >= 0.3 is 0 Å². The maximum atomic E-state index is 5.84. The Balaban J connectivity index is 0.000000561. The Labute approximate surface area is 84.5 Å². The van der Waals surface area contributed by atoms with Crippen LogP contribution in [0.2, 0.25) is 10.0 Å². The van der Waals surface area contributed by atoms with Crippen LogP contribution in [-0.2, 0) is 6.42 Å². The summed E-state index contributed by atoms with van der Waals surface area (Å²) in [7, 11) is 0. The lowest BCUT2D eigenvalue weighted by Gasteiger charge is -1.99. The smallest absolute Gasteiger partial charge is 0.0438 e. The summed E-state index contributed by atoms with van der Waals surface area (Å²) in [6.07, 6.45) is 0.930. The van der Waals surface area contributed by atoms with Gasteiger partial charge in [-0.05, 0) is 30.2 Å². The molecule has 12 heavy (non-hydrogen) atoms. The molecule has 0 N–H and O–H groups in total. The van der Waals surface area contributed by atoms with Crippen molar-refractivity contribution in [3.05, 3.63) is 33.8 Å². The standard InChI is InChI=1S/C8H8Cl2.C2H6/c1-2-6-5-7(9)3-4-8(6)10;1-2/h3-5H,2H2,1H3;1-2H3. The van der Waals surface area contributed by atoms with Crippen LogP contribution in [0.4, 0.5) is 0 Å². The molecular weight excluding hydrogens is 191 g/mol. The quantitative estimate of drug-likeness (QED) is 0.629. The Hall–Kier alpha value is -0.200. The van der Waals surface area contributed by atoms with E-state index < -0.39 is 0 Å². The summed E-state index contributed by atoms with van der Waals surface area (Å²) in [6, 6.07) is 5.51. The molecule has 0 saturated carbocycles. The number of aryl methyl sites for hydroxylation is 1. The van der Waals surface area contributed by atoms with Gasteiger partial charge in [0.1, 0.15) is 0 Å². The average molecular weight is 205 g/mol. The van der Waals surface area contributed by atoms with Gasteiger partial charge in [-0.1, -0.05) is 44.0 Å². The molecule has 0 heterocycles. The van der Waals surface area contributed by atoms with Gasteiger partial charge in [-0.25, -0.2) is 0 Å². The Morgan fingerprint density at radius 1 is 1.17 bits per heavy atom. The topological polar surface area (TPSA) is 0 Å². The van der Waals surface area contributed by atoms with Crippen molar-refractivity contribution in [2.75, 3.05) is 0 Å². The summed E-state index contributed by atoms with van der Waals surface area (Å²) in [5, 5.41) is 1.55. The summed E-state index contributed by atoms with van der Waals surface area (Å²) in [4.78, 5) is 0. The van der Waals surface area contributed by atoms with E-state index >= 15 is 0 Å². The first kappa shape index (κ1) is 11.8. The Morgan fingerprint density at radius 2 is 1.75 bits per heavy atom. The number of hydrogen-bond acceptors (Lipinski definition) is 0. The normalized spacial score (nSPS) is 8.75. The van der Waals surface area contributed by atoms with Crippen LogP contribution in [0.3, 0.4) is 0 Å². The third-order valence-electron chi connectivity index (χ3n) is 1.39. The van der Waals surface area contributed by atoms with E-state index in [1.54, 1.807) is 6.07 Å². The largest absolute Gasteiger partial charge is 0.0843 e. The minimum absolute atomic E-state index is 0.751. The van der Waals surface area contributed by atoms with Gasteiger partial charge in [0.2, 0.25) is 0 Å². The van der Waals surface area contributed by atoms with Crippen molar-refractivity contribution in [1.29, 1.82) is 0 Å². The van der Waals surface area contributed by atoms with Gasteiger partial charge in [0.15, 0.2) is 0 Å². The summed E-state index contributed by atoms with van der Waals surface area (Å²) in [6.45, 7) is 6.05.